The highest BCUT2D eigenvalue weighted by molar-refractivity contribution is 6.35. The van der Waals surface area contributed by atoms with Gasteiger partial charge in [0.2, 0.25) is 0 Å². The van der Waals surface area contributed by atoms with Gasteiger partial charge in [-0.1, -0.05) is 24.3 Å². The van der Waals surface area contributed by atoms with Crippen LogP contribution in [0.2, 0.25) is 0 Å². The van der Waals surface area contributed by atoms with E-state index in [0.29, 0.717) is 35.4 Å². The Morgan fingerprint density at radius 3 is 2.12 bits per heavy atom. The summed E-state index contributed by atoms with van der Waals surface area (Å²) in [4.78, 5) is 51.1. The molecule has 32 heavy (non-hydrogen) atoms. The second kappa shape index (κ2) is 8.99. The number of nitrogens with one attached hydrogen (secondary N) is 1. The standard InChI is InChI=1S/C24H20N2O6/c1-31-13-12-25-20(27)14-32-24(30)16-8-10-17(11-9-16)26-22(28)18-6-2-4-15-5-3-7-19(21(15)18)23(26)29/h2-11H,12-14H2,1H3,(H,25,27). The average Bonchev–Trinajstić information content (AvgIpc) is 2.81. The van der Waals surface area contributed by atoms with Crippen LogP contribution in [0.15, 0.2) is 60.7 Å². The molecular weight excluding hydrogens is 412 g/mol. The summed E-state index contributed by atoms with van der Waals surface area (Å²) in [7, 11) is 1.51. The van der Waals surface area contributed by atoms with E-state index in [-0.39, 0.29) is 5.56 Å². The van der Waals surface area contributed by atoms with Crippen LogP contribution >= 0.6 is 0 Å². The van der Waals surface area contributed by atoms with E-state index in [2.05, 4.69) is 5.32 Å². The Balaban J connectivity index is 1.50. The van der Waals surface area contributed by atoms with Crippen molar-refractivity contribution in [3.05, 3.63) is 77.4 Å². The minimum absolute atomic E-state index is 0.192. The molecule has 8 nitrogen and oxygen atoms in total. The van der Waals surface area contributed by atoms with Crippen LogP contribution < -0.4 is 10.2 Å². The van der Waals surface area contributed by atoms with E-state index >= 15 is 0 Å². The van der Waals surface area contributed by atoms with Gasteiger partial charge in [-0.25, -0.2) is 9.69 Å². The monoisotopic (exact) mass is 432 g/mol. The summed E-state index contributed by atoms with van der Waals surface area (Å²) in [6, 6.07) is 16.5. The number of hydrogen-bond acceptors (Lipinski definition) is 6. The number of amides is 3. The molecule has 1 aliphatic heterocycles. The van der Waals surface area contributed by atoms with E-state index < -0.39 is 30.3 Å². The third-order valence-electron chi connectivity index (χ3n) is 5.10. The lowest BCUT2D eigenvalue weighted by atomic mass is 9.94. The van der Waals surface area contributed by atoms with Gasteiger partial charge in [0.25, 0.3) is 17.7 Å². The number of benzene rings is 3. The largest absolute Gasteiger partial charge is 0.452 e. The molecule has 0 saturated heterocycles. The highest BCUT2D eigenvalue weighted by Crippen LogP contribution is 2.32. The molecule has 3 amide bonds. The molecule has 1 heterocycles. The summed E-state index contributed by atoms with van der Waals surface area (Å²) in [6.45, 7) is 0.249. The fraction of sp³-hybridized carbons (Fsp3) is 0.167. The van der Waals surface area contributed by atoms with E-state index in [1.807, 2.05) is 12.1 Å². The van der Waals surface area contributed by atoms with Gasteiger partial charge in [0.05, 0.1) is 17.9 Å². The lowest BCUT2D eigenvalue weighted by Crippen LogP contribution is -2.40. The second-order valence-corrected chi connectivity index (χ2v) is 7.12. The first-order chi connectivity index (χ1) is 15.5. The molecule has 0 bridgehead atoms. The first-order valence-corrected chi connectivity index (χ1v) is 9.94. The average molecular weight is 432 g/mol. The van der Waals surface area contributed by atoms with Crippen LogP contribution in [-0.2, 0) is 14.3 Å². The quantitative estimate of drug-likeness (QED) is 0.350. The molecule has 0 spiro atoms. The van der Waals surface area contributed by atoms with Crippen molar-refractivity contribution < 1.29 is 28.7 Å². The molecule has 4 rings (SSSR count). The van der Waals surface area contributed by atoms with Crippen molar-refractivity contribution in [2.75, 3.05) is 31.8 Å². The van der Waals surface area contributed by atoms with Gasteiger partial charge in [-0.05, 0) is 41.8 Å². The first kappa shape index (κ1) is 21.2. The lowest BCUT2D eigenvalue weighted by molar-refractivity contribution is -0.124. The van der Waals surface area contributed by atoms with E-state index in [4.69, 9.17) is 9.47 Å². The Hall–Kier alpha value is -4.04. The topological polar surface area (TPSA) is 102 Å². The van der Waals surface area contributed by atoms with Gasteiger partial charge in [-0.15, -0.1) is 0 Å². The number of methoxy groups -OCH3 is 1. The molecule has 0 fully saturated rings. The van der Waals surface area contributed by atoms with Gasteiger partial charge >= 0.3 is 5.97 Å². The van der Waals surface area contributed by atoms with Crippen molar-refractivity contribution in [2.24, 2.45) is 0 Å². The molecule has 0 saturated carbocycles. The van der Waals surface area contributed by atoms with Crippen LogP contribution in [0.25, 0.3) is 10.8 Å². The highest BCUT2D eigenvalue weighted by Gasteiger charge is 2.33. The molecule has 8 heteroatoms. The number of carbonyl (C=O) groups excluding carboxylic acids is 4. The molecule has 0 unspecified atom stereocenters. The third-order valence-corrected chi connectivity index (χ3v) is 5.10. The Morgan fingerprint density at radius 2 is 1.53 bits per heavy atom. The van der Waals surface area contributed by atoms with Crippen molar-refractivity contribution >= 4 is 40.2 Å². The van der Waals surface area contributed by atoms with E-state index in [0.717, 1.165) is 10.3 Å². The minimum Gasteiger partial charge on any atom is -0.452 e. The van der Waals surface area contributed by atoms with E-state index in [1.165, 1.54) is 31.4 Å². The molecule has 162 valence electrons. The summed E-state index contributed by atoms with van der Waals surface area (Å²) in [6.07, 6.45) is 0. The maximum Gasteiger partial charge on any atom is 0.338 e. The van der Waals surface area contributed by atoms with E-state index in [9.17, 15) is 19.2 Å². The summed E-state index contributed by atoms with van der Waals surface area (Å²) in [5.41, 5.74) is 1.42. The minimum atomic E-state index is -0.690. The fourth-order valence-electron chi connectivity index (χ4n) is 3.57. The van der Waals surface area contributed by atoms with Crippen molar-refractivity contribution in [3.63, 3.8) is 0 Å². The van der Waals surface area contributed by atoms with Gasteiger partial charge in [0.1, 0.15) is 0 Å². The molecule has 1 aliphatic rings. The van der Waals surface area contributed by atoms with Crippen molar-refractivity contribution in [2.45, 2.75) is 0 Å². The van der Waals surface area contributed by atoms with Crippen LogP contribution in [0.1, 0.15) is 31.1 Å². The third kappa shape index (κ3) is 3.95. The molecule has 0 atom stereocenters. The normalized spacial score (nSPS) is 12.7. The summed E-state index contributed by atoms with van der Waals surface area (Å²) < 4.78 is 9.82. The maximum atomic E-state index is 13.1. The van der Waals surface area contributed by atoms with Crippen LogP contribution in [0.4, 0.5) is 5.69 Å². The summed E-state index contributed by atoms with van der Waals surface area (Å²) >= 11 is 0. The molecule has 1 N–H and O–H groups in total. The number of imide groups is 1. The van der Waals surface area contributed by atoms with Crippen LogP contribution in [0, 0.1) is 0 Å². The number of carbonyl (C=O) groups is 4. The van der Waals surface area contributed by atoms with Crippen molar-refractivity contribution in [3.8, 4) is 0 Å². The molecule has 3 aromatic carbocycles. The Kier molecular flexibility index (Phi) is 5.96. The van der Waals surface area contributed by atoms with Gasteiger partial charge < -0.3 is 14.8 Å². The van der Waals surface area contributed by atoms with Crippen LogP contribution in [0.5, 0.6) is 0 Å². The van der Waals surface area contributed by atoms with Crippen LogP contribution in [-0.4, -0.2) is 50.6 Å². The van der Waals surface area contributed by atoms with Crippen LogP contribution in [0.3, 0.4) is 0 Å². The summed E-state index contributed by atoms with van der Waals surface area (Å²) in [5.74, 6) is -1.99. The first-order valence-electron chi connectivity index (χ1n) is 9.94. The highest BCUT2D eigenvalue weighted by atomic mass is 16.5. The second-order valence-electron chi connectivity index (χ2n) is 7.12. The molecular formula is C24H20N2O6. The number of anilines is 1. The SMILES string of the molecule is COCCNC(=O)COC(=O)c1ccc(N2C(=O)c3cccc4cccc(c34)C2=O)cc1. The zero-order valence-electron chi connectivity index (χ0n) is 17.3. The van der Waals surface area contributed by atoms with Crippen molar-refractivity contribution in [1.82, 2.24) is 5.32 Å². The van der Waals surface area contributed by atoms with E-state index in [1.54, 1.807) is 24.3 Å². The number of ether oxygens (including phenoxy) is 2. The van der Waals surface area contributed by atoms with Gasteiger partial charge in [0.15, 0.2) is 6.61 Å². The zero-order chi connectivity index (χ0) is 22.7. The Bertz CT molecular complexity index is 1170. The lowest BCUT2D eigenvalue weighted by Gasteiger charge is -2.27. The predicted octanol–water partition coefficient (Wildman–Crippen LogP) is 2.56. The predicted molar refractivity (Wildman–Crippen MR) is 117 cm³/mol. The molecule has 0 aliphatic carbocycles. The fourth-order valence-corrected chi connectivity index (χ4v) is 3.57. The zero-order valence-corrected chi connectivity index (χ0v) is 17.3. The maximum absolute atomic E-state index is 13.1. The van der Waals surface area contributed by atoms with Crippen molar-refractivity contribution in [1.29, 1.82) is 0 Å². The molecule has 3 aromatic rings. The molecule has 0 aromatic heterocycles. The number of esters is 1. The summed E-state index contributed by atoms with van der Waals surface area (Å²) in [5, 5.41) is 4.01. The number of hydrogen-bond donors (Lipinski definition) is 1. The number of nitrogens with zero attached hydrogens (tertiary/aromatic N) is 1. The molecule has 0 radical (unpaired) electrons. The smallest absolute Gasteiger partial charge is 0.338 e. The Morgan fingerprint density at radius 1 is 0.906 bits per heavy atom. The van der Waals surface area contributed by atoms with Gasteiger partial charge in [0, 0.05) is 30.2 Å². The Labute approximate surface area is 183 Å². The van der Waals surface area contributed by atoms with Gasteiger partial charge in [-0.2, -0.15) is 0 Å². The number of rotatable bonds is 7. The van der Waals surface area contributed by atoms with Gasteiger partial charge in [-0.3, -0.25) is 14.4 Å².